The second-order valence-electron chi connectivity index (χ2n) is 3.87. The minimum absolute atomic E-state index is 0.237. The van der Waals surface area contributed by atoms with Crippen LogP contribution in [0.4, 0.5) is 0 Å². The molecule has 2 unspecified atom stereocenters. The molecule has 1 amide bonds. The number of ether oxygens (including phenoxy) is 1. The molecule has 1 rings (SSSR count). The summed E-state index contributed by atoms with van der Waals surface area (Å²) in [7, 11) is 1.65. The van der Waals surface area contributed by atoms with E-state index in [0.29, 0.717) is 13.2 Å². The van der Waals surface area contributed by atoms with Crippen LogP contribution in [0.2, 0.25) is 0 Å². The van der Waals surface area contributed by atoms with Crippen molar-refractivity contribution in [2.75, 3.05) is 26.0 Å². The fourth-order valence-electron chi connectivity index (χ4n) is 1.98. The third kappa shape index (κ3) is 2.86. The zero-order chi connectivity index (χ0) is 11.3. The third-order valence-corrected chi connectivity index (χ3v) is 4.39. The van der Waals surface area contributed by atoms with E-state index in [1.54, 1.807) is 7.11 Å². The lowest BCUT2D eigenvalue weighted by molar-refractivity contribution is -0.124. The summed E-state index contributed by atoms with van der Waals surface area (Å²) < 4.78 is 4.97. The van der Waals surface area contributed by atoms with Crippen molar-refractivity contribution in [3.05, 3.63) is 0 Å². The van der Waals surface area contributed by atoms with Crippen LogP contribution in [0.15, 0.2) is 0 Å². The van der Waals surface area contributed by atoms with Crippen LogP contribution < -0.4 is 11.1 Å². The van der Waals surface area contributed by atoms with Gasteiger partial charge in [-0.15, -0.1) is 0 Å². The minimum Gasteiger partial charge on any atom is -0.383 e. The summed E-state index contributed by atoms with van der Waals surface area (Å²) in [5.41, 5.74) is 4.98. The number of carbonyl (C=O) groups is 1. The molecule has 0 aromatic carbocycles. The highest BCUT2D eigenvalue weighted by Gasteiger charge is 2.43. The second-order valence-corrected chi connectivity index (χ2v) is 5.32. The van der Waals surface area contributed by atoms with E-state index in [4.69, 9.17) is 10.5 Å². The SMILES string of the molecule is COCCNC1(C(N)=O)CCCSC1C. The van der Waals surface area contributed by atoms with Crippen LogP contribution in [-0.2, 0) is 9.53 Å². The molecule has 1 aliphatic heterocycles. The Morgan fingerprint density at radius 1 is 1.73 bits per heavy atom. The molecule has 88 valence electrons. The van der Waals surface area contributed by atoms with Crippen molar-refractivity contribution < 1.29 is 9.53 Å². The average Bonchev–Trinajstić information content (AvgIpc) is 2.21. The molecule has 0 spiro atoms. The Bertz CT molecular complexity index is 225. The number of nitrogens with one attached hydrogen (secondary N) is 1. The Labute approximate surface area is 95.3 Å². The maximum absolute atomic E-state index is 11.6. The lowest BCUT2D eigenvalue weighted by Crippen LogP contribution is -2.63. The van der Waals surface area contributed by atoms with Gasteiger partial charge in [0.2, 0.25) is 5.91 Å². The molecule has 0 saturated carbocycles. The molecule has 1 heterocycles. The smallest absolute Gasteiger partial charge is 0.238 e. The van der Waals surface area contributed by atoms with Gasteiger partial charge in [0.15, 0.2) is 0 Å². The predicted octanol–water partition coefficient (Wildman–Crippen LogP) is 0.362. The van der Waals surface area contributed by atoms with Crippen LogP contribution in [0.1, 0.15) is 19.8 Å². The topological polar surface area (TPSA) is 64.3 Å². The second kappa shape index (κ2) is 5.72. The lowest BCUT2D eigenvalue weighted by Gasteiger charge is -2.40. The third-order valence-electron chi connectivity index (χ3n) is 2.96. The van der Waals surface area contributed by atoms with Gasteiger partial charge in [0.1, 0.15) is 5.54 Å². The highest BCUT2D eigenvalue weighted by Crippen LogP contribution is 2.33. The molecule has 0 aromatic rings. The van der Waals surface area contributed by atoms with Crippen molar-refractivity contribution in [1.29, 1.82) is 0 Å². The normalized spacial score (nSPS) is 31.5. The largest absolute Gasteiger partial charge is 0.383 e. The Kier molecular flexibility index (Phi) is 4.89. The molecule has 2 atom stereocenters. The molecule has 0 aliphatic carbocycles. The van der Waals surface area contributed by atoms with Crippen molar-refractivity contribution in [1.82, 2.24) is 5.32 Å². The molecule has 1 aliphatic rings. The summed E-state index contributed by atoms with van der Waals surface area (Å²) >= 11 is 1.81. The first-order chi connectivity index (χ1) is 7.13. The summed E-state index contributed by atoms with van der Waals surface area (Å²) in [5.74, 6) is 0.876. The number of amides is 1. The van der Waals surface area contributed by atoms with Gasteiger partial charge in [-0.2, -0.15) is 11.8 Å². The molecule has 4 nitrogen and oxygen atoms in total. The maximum atomic E-state index is 11.6. The molecular formula is C10H20N2O2S. The Morgan fingerprint density at radius 2 is 2.47 bits per heavy atom. The molecule has 15 heavy (non-hydrogen) atoms. The van der Waals surface area contributed by atoms with Gasteiger partial charge in [-0.25, -0.2) is 0 Å². The molecule has 1 saturated heterocycles. The first-order valence-electron chi connectivity index (χ1n) is 5.29. The molecular weight excluding hydrogens is 212 g/mol. The number of nitrogens with two attached hydrogens (primary N) is 1. The summed E-state index contributed by atoms with van der Waals surface area (Å²) in [4.78, 5) is 11.6. The van der Waals surface area contributed by atoms with Crippen LogP contribution in [0.5, 0.6) is 0 Å². The molecule has 0 bridgehead atoms. The molecule has 3 N–H and O–H groups in total. The maximum Gasteiger partial charge on any atom is 0.238 e. The Balaban J connectivity index is 2.63. The Morgan fingerprint density at radius 3 is 3.00 bits per heavy atom. The predicted molar refractivity (Wildman–Crippen MR) is 63.0 cm³/mol. The van der Waals surface area contributed by atoms with E-state index in [1.807, 2.05) is 11.8 Å². The van der Waals surface area contributed by atoms with Crippen molar-refractivity contribution in [2.45, 2.75) is 30.6 Å². The molecule has 1 fully saturated rings. The van der Waals surface area contributed by atoms with Crippen molar-refractivity contribution in [3.8, 4) is 0 Å². The van der Waals surface area contributed by atoms with Gasteiger partial charge in [-0.05, 0) is 18.6 Å². The number of hydrogen-bond acceptors (Lipinski definition) is 4. The highest BCUT2D eigenvalue weighted by molar-refractivity contribution is 8.00. The summed E-state index contributed by atoms with van der Waals surface area (Å²) in [6.45, 7) is 3.34. The van der Waals surface area contributed by atoms with Gasteiger partial charge < -0.3 is 15.8 Å². The van der Waals surface area contributed by atoms with E-state index in [2.05, 4.69) is 12.2 Å². The number of methoxy groups -OCH3 is 1. The number of thioether (sulfide) groups is 1. The van der Waals surface area contributed by atoms with E-state index in [9.17, 15) is 4.79 Å². The monoisotopic (exact) mass is 232 g/mol. The average molecular weight is 232 g/mol. The fraction of sp³-hybridized carbons (Fsp3) is 0.900. The van der Waals surface area contributed by atoms with Crippen LogP contribution in [-0.4, -0.2) is 42.7 Å². The lowest BCUT2D eigenvalue weighted by atomic mass is 9.88. The molecule has 0 radical (unpaired) electrons. The van der Waals surface area contributed by atoms with Gasteiger partial charge in [0, 0.05) is 18.9 Å². The van der Waals surface area contributed by atoms with Gasteiger partial charge >= 0.3 is 0 Å². The summed E-state index contributed by atoms with van der Waals surface area (Å²) in [6, 6.07) is 0. The van der Waals surface area contributed by atoms with E-state index < -0.39 is 5.54 Å². The van der Waals surface area contributed by atoms with Crippen molar-refractivity contribution in [3.63, 3.8) is 0 Å². The standard InChI is InChI=1S/C10H20N2O2S/c1-8-10(9(11)13,4-3-7-15-8)12-5-6-14-2/h8,12H,3-7H2,1-2H3,(H2,11,13). The van der Waals surface area contributed by atoms with Crippen molar-refractivity contribution in [2.24, 2.45) is 5.73 Å². The number of carbonyl (C=O) groups excluding carboxylic acids is 1. The van der Waals surface area contributed by atoms with E-state index in [-0.39, 0.29) is 11.2 Å². The quantitative estimate of drug-likeness (QED) is 0.672. The first-order valence-corrected chi connectivity index (χ1v) is 6.34. The zero-order valence-electron chi connectivity index (χ0n) is 9.41. The molecule has 0 aromatic heterocycles. The highest BCUT2D eigenvalue weighted by atomic mass is 32.2. The number of rotatable bonds is 5. The van der Waals surface area contributed by atoms with Crippen LogP contribution >= 0.6 is 11.8 Å². The molecule has 5 heteroatoms. The van der Waals surface area contributed by atoms with Crippen LogP contribution in [0.25, 0.3) is 0 Å². The number of hydrogen-bond donors (Lipinski definition) is 2. The fourth-order valence-corrected chi connectivity index (χ4v) is 3.24. The van der Waals surface area contributed by atoms with Crippen LogP contribution in [0.3, 0.4) is 0 Å². The van der Waals surface area contributed by atoms with Gasteiger partial charge in [-0.3, -0.25) is 4.79 Å². The van der Waals surface area contributed by atoms with E-state index >= 15 is 0 Å². The first kappa shape index (κ1) is 12.8. The minimum atomic E-state index is -0.540. The summed E-state index contributed by atoms with van der Waals surface area (Å²) in [5, 5.41) is 3.50. The van der Waals surface area contributed by atoms with E-state index in [1.165, 1.54) is 0 Å². The van der Waals surface area contributed by atoms with Crippen LogP contribution in [0, 0.1) is 0 Å². The van der Waals surface area contributed by atoms with Gasteiger partial charge in [0.25, 0.3) is 0 Å². The van der Waals surface area contributed by atoms with E-state index in [0.717, 1.165) is 18.6 Å². The zero-order valence-corrected chi connectivity index (χ0v) is 10.2. The van der Waals surface area contributed by atoms with Gasteiger partial charge in [0.05, 0.1) is 6.61 Å². The summed E-state index contributed by atoms with van der Waals surface area (Å²) in [6.07, 6.45) is 1.87. The van der Waals surface area contributed by atoms with Crippen molar-refractivity contribution >= 4 is 17.7 Å². The Hall–Kier alpha value is -0.260. The van der Waals surface area contributed by atoms with Gasteiger partial charge in [-0.1, -0.05) is 6.92 Å². The number of primary amides is 1.